The molecule has 1 fully saturated rings. The maximum atomic E-state index is 12.5. The monoisotopic (exact) mass is 405 g/mol. The van der Waals surface area contributed by atoms with Crippen LogP contribution in [0.4, 0.5) is 0 Å². The van der Waals surface area contributed by atoms with E-state index in [9.17, 15) is 4.79 Å². The van der Waals surface area contributed by atoms with Gasteiger partial charge in [-0.05, 0) is 42.7 Å². The van der Waals surface area contributed by atoms with Crippen molar-refractivity contribution in [2.24, 2.45) is 5.92 Å². The molecule has 1 heterocycles. The number of carbonyl (C=O) groups excluding carboxylic acids is 1. The fraction of sp³-hybridized carbons (Fsp3) is 0.440. The molecule has 4 rings (SSSR count). The number of aryl methyl sites for hydroxylation is 1. The van der Waals surface area contributed by atoms with Crippen molar-refractivity contribution in [3.63, 3.8) is 0 Å². The van der Waals surface area contributed by atoms with Gasteiger partial charge in [-0.15, -0.1) is 0 Å². The molecule has 0 spiro atoms. The van der Waals surface area contributed by atoms with Crippen LogP contribution in [0.15, 0.2) is 48.5 Å². The summed E-state index contributed by atoms with van der Waals surface area (Å²) in [5.74, 6) is 2.49. The Kier molecular flexibility index (Phi) is 6.67. The number of hydrogen-bond acceptors (Lipinski definition) is 3. The van der Waals surface area contributed by atoms with Gasteiger partial charge in [0, 0.05) is 25.1 Å². The summed E-state index contributed by atoms with van der Waals surface area (Å²) in [6.45, 7) is 1.56. The van der Waals surface area contributed by atoms with E-state index in [1.807, 2.05) is 18.2 Å². The molecule has 1 aliphatic rings. The maximum Gasteiger partial charge on any atom is 0.251 e. The van der Waals surface area contributed by atoms with Crippen molar-refractivity contribution in [1.82, 2.24) is 14.9 Å². The van der Waals surface area contributed by atoms with Gasteiger partial charge in [0.2, 0.25) is 0 Å². The lowest BCUT2D eigenvalue weighted by Gasteiger charge is -2.22. The van der Waals surface area contributed by atoms with Crippen molar-refractivity contribution >= 4 is 16.9 Å². The Morgan fingerprint density at radius 1 is 1.13 bits per heavy atom. The lowest BCUT2D eigenvalue weighted by molar-refractivity contribution is 0.0953. The third-order valence-electron chi connectivity index (χ3n) is 6.19. The van der Waals surface area contributed by atoms with Crippen LogP contribution >= 0.6 is 0 Å². The summed E-state index contributed by atoms with van der Waals surface area (Å²) in [7, 11) is 1.61. The minimum atomic E-state index is -0.0845. The number of hydrogen-bond donors (Lipinski definition) is 1. The molecule has 1 N–H and O–H groups in total. The van der Waals surface area contributed by atoms with Crippen molar-refractivity contribution in [1.29, 1.82) is 0 Å². The number of carbonyl (C=O) groups is 1. The number of ether oxygens (including phenoxy) is 1. The molecule has 158 valence electrons. The van der Waals surface area contributed by atoms with Crippen LogP contribution in [-0.4, -0.2) is 29.1 Å². The molecule has 1 amide bonds. The lowest BCUT2D eigenvalue weighted by Crippen LogP contribution is -2.26. The Labute approximate surface area is 178 Å². The molecule has 1 aliphatic carbocycles. The second-order valence-corrected chi connectivity index (χ2v) is 8.20. The van der Waals surface area contributed by atoms with Crippen LogP contribution in [-0.2, 0) is 13.0 Å². The van der Waals surface area contributed by atoms with E-state index >= 15 is 0 Å². The highest BCUT2D eigenvalue weighted by Crippen LogP contribution is 2.28. The Morgan fingerprint density at radius 2 is 1.97 bits per heavy atom. The number of methoxy groups -OCH3 is 1. The van der Waals surface area contributed by atoms with Gasteiger partial charge in [-0.1, -0.05) is 50.3 Å². The lowest BCUT2D eigenvalue weighted by atomic mass is 9.87. The van der Waals surface area contributed by atoms with Crippen LogP contribution in [0.25, 0.3) is 11.0 Å². The van der Waals surface area contributed by atoms with Gasteiger partial charge in [0.1, 0.15) is 11.6 Å². The highest BCUT2D eigenvalue weighted by atomic mass is 16.5. The summed E-state index contributed by atoms with van der Waals surface area (Å²) in [5, 5.41) is 3.03. The van der Waals surface area contributed by atoms with E-state index in [4.69, 9.17) is 9.72 Å². The molecule has 0 saturated heterocycles. The summed E-state index contributed by atoms with van der Waals surface area (Å²) < 4.78 is 7.57. The van der Waals surface area contributed by atoms with Crippen LogP contribution in [0, 0.1) is 5.92 Å². The molecular weight excluding hydrogens is 374 g/mol. The first-order valence-corrected chi connectivity index (χ1v) is 11.1. The Balaban J connectivity index is 1.42. The zero-order chi connectivity index (χ0) is 20.8. The third kappa shape index (κ3) is 4.84. The number of amides is 1. The Bertz CT molecular complexity index is 989. The summed E-state index contributed by atoms with van der Waals surface area (Å²) >= 11 is 0. The van der Waals surface area contributed by atoms with Gasteiger partial charge >= 0.3 is 0 Å². The van der Waals surface area contributed by atoms with Crippen molar-refractivity contribution < 1.29 is 9.53 Å². The van der Waals surface area contributed by atoms with E-state index < -0.39 is 0 Å². The number of aromatic nitrogens is 2. The molecule has 0 atom stereocenters. The van der Waals surface area contributed by atoms with Gasteiger partial charge in [0.25, 0.3) is 5.91 Å². The van der Waals surface area contributed by atoms with Gasteiger partial charge in [-0.25, -0.2) is 4.98 Å². The predicted octanol–water partition coefficient (Wildman–Crippen LogP) is 4.99. The zero-order valence-corrected chi connectivity index (χ0v) is 17.8. The smallest absolute Gasteiger partial charge is 0.251 e. The molecule has 1 saturated carbocycles. The van der Waals surface area contributed by atoms with Crippen LogP contribution < -0.4 is 10.1 Å². The number of rotatable bonds is 8. The van der Waals surface area contributed by atoms with Crippen molar-refractivity contribution in [3.05, 3.63) is 59.9 Å². The molecule has 30 heavy (non-hydrogen) atoms. The number of imidazole rings is 1. The van der Waals surface area contributed by atoms with Crippen LogP contribution in [0.1, 0.15) is 54.7 Å². The second kappa shape index (κ2) is 9.79. The van der Waals surface area contributed by atoms with Crippen molar-refractivity contribution in [2.75, 3.05) is 13.7 Å². The Hall–Kier alpha value is -2.82. The minimum absolute atomic E-state index is 0.0845. The van der Waals surface area contributed by atoms with Gasteiger partial charge in [0.15, 0.2) is 0 Å². The standard InChI is InChI=1S/C25H31N3O2/c1-30-21-11-7-10-20(18-21)25(29)26-16-14-24-27-22-12-5-6-13-23(22)28(24)17-15-19-8-3-2-4-9-19/h5-7,10-13,18-19H,2-4,8-9,14-17H2,1H3,(H,26,29). The molecule has 5 nitrogen and oxygen atoms in total. The van der Waals surface area contributed by atoms with E-state index in [1.54, 1.807) is 19.2 Å². The molecule has 0 bridgehead atoms. The number of para-hydroxylation sites is 2. The summed E-state index contributed by atoms with van der Waals surface area (Å²) in [4.78, 5) is 17.4. The number of benzene rings is 2. The van der Waals surface area contributed by atoms with Gasteiger partial charge in [-0.3, -0.25) is 4.79 Å². The molecule has 5 heteroatoms. The highest BCUT2D eigenvalue weighted by Gasteiger charge is 2.16. The first kappa shape index (κ1) is 20.5. The van der Waals surface area contributed by atoms with E-state index in [2.05, 4.69) is 28.1 Å². The van der Waals surface area contributed by atoms with Crippen LogP contribution in [0.5, 0.6) is 5.75 Å². The highest BCUT2D eigenvalue weighted by molar-refractivity contribution is 5.94. The third-order valence-corrected chi connectivity index (χ3v) is 6.19. The minimum Gasteiger partial charge on any atom is -0.497 e. The summed E-state index contributed by atoms with van der Waals surface area (Å²) in [6.07, 6.45) is 8.79. The van der Waals surface area contributed by atoms with E-state index in [1.165, 1.54) is 44.0 Å². The van der Waals surface area contributed by atoms with E-state index in [-0.39, 0.29) is 5.91 Å². The van der Waals surface area contributed by atoms with Gasteiger partial charge in [-0.2, -0.15) is 0 Å². The van der Waals surface area contributed by atoms with Gasteiger partial charge in [0.05, 0.1) is 18.1 Å². The predicted molar refractivity (Wildman–Crippen MR) is 120 cm³/mol. The largest absolute Gasteiger partial charge is 0.497 e. The average molecular weight is 406 g/mol. The van der Waals surface area contributed by atoms with Gasteiger partial charge < -0.3 is 14.6 Å². The fourth-order valence-electron chi connectivity index (χ4n) is 4.51. The Morgan fingerprint density at radius 3 is 2.80 bits per heavy atom. The SMILES string of the molecule is COc1cccc(C(=O)NCCc2nc3ccccc3n2CCC2CCCCC2)c1. The average Bonchev–Trinajstić information content (AvgIpc) is 3.15. The molecule has 0 aliphatic heterocycles. The normalized spacial score (nSPS) is 14.7. The molecule has 0 unspecified atom stereocenters. The van der Waals surface area contributed by atoms with Crippen molar-refractivity contribution in [2.45, 2.75) is 51.5 Å². The molecule has 2 aromatic carbocycles. The first-order valence-electron chi connectivity index (χ1n) is 11.1. The molecule has 0 radical (unpaired) electrons. The van der Waals surface area contributed by atoms with E-state index in [0.29, 0.717) is 17.9 Å². The topological polar surface area (TPSA) is 56.1 Å². The van der Waals surface area contributed by atoms with Crippen LogP contribution in [0.2, 0.25) is 0 Å². The number of fused-ring (bicyclic) bond motifs is 1. The fourth-order valence-corrected chi connectivity index (χ4v) is 4.51. The second-order valence-electron chi connectivity index (χ2n) is 8.20. The van der Waals surface area contributed by atoms with Crippen molar-refractivity contribution in [3.8, 4) is 5.75 Å². The van der Waals surface area contributed by atoms with Crippen LogP contribution in [0.3, 0.4) is 0 Å². The zero-order valence-electron chi connectivity index (χ0n) is 17.8. The first-order chi connectivity index (χ1) is 14.7. The molecular formula is C25H31N3O2. The quantitative estimate of drug-likeness (QED) is 0.574. The summed E-state index contributed by atoms with van der Waals surface area (Å²) in [6, 6.07) is 15.6. The van der Waals surface area contributed by atoms with E-state index in [0.717, 1.165) is 30.2 Å². The maximum absolute atomic E-state index is 12.5. The number of nitrogens with zero attached hydrogens (tertiary/aromatic N) is 2. The summed E-state index contributed by atoms with van der Waals surface area (Å²) in [5.41, 5.74) is 2.85. The number of nitrogens with one attached hydrogen (secondary N) is 1. The molecule has 3 aromatic rings. The molecule has 1 aromatic heterocycles.